The van der Waals surface area contributed by atoms with Crippen molar-refractivity contribution in [2.24, 2.45) is 0 Å². The van der Waals surface area contributed by atoms with E-state index in [-0.39, 0.29) is 5.91 Å². The molecule has 22 heavy (non-hydrogen) atoms. The van der Waals surface area contributed by atoms with Crippen molar-refractivity contribution in [3.05, 3.63) is 36.2 Å². The molecule has 1 aromatic carbocycles. The van der Waals surface area contributed by atoms with Crippen LogP contribution >= 0.6 is 0 Å². The van der Waals surface area contributed by atoms with Crippen molar-refractivity contribution in [2.75, 3.05) is 33.5 Å². The van der Waals surface area contributed by atoms with Crippen LogP contribution in [-0.2, 0) is 14.3 Å². The Hall–Kier alpha value is -2.18. The van der Waals surface area contributed by atoms with Gasteiger partial charge in [0.1, 0.15) is 5.52 Å². The molecule has 0 spiro atoms. The van der Waals surface area contributed by atoms with Crippen LogP contribution in [0.25, 0.3) is 17.2 Å². The van der Waals surface area contributed by atoms with Crippen molar-refractivity contribution in [3.63, 3.8) is 0 Å². The first-order valence-corrected chi connectivity index (χ1v) is 7.18. The third-order valence-electron chi connectivity index (χ3n) is 2.88. The first kappa shape index (κ1) is 16.2. The van der Waals surface area contributed by atoms with Crippen molar-refractivity contribution in [1.82, 2.24) is 10.3 Å². The van der Waals surface area contributed by atoms with Gasteiger partial charge in [-0.05, 0) is 18.6 Å². The molecule has 0 bridgehead atoms. The highest BCUT2D eigenvalue weighted by molar-refractivity contribution is 5.91. The van der Waals surface area contributed by atoms with Gasteiger partial charge in [0.05, 0.1) is 13.2 Å². The number of ether oxygens (including phenoxy) is 2. The molecular weight excluding hydrogens is 284 g/mol. The average Bonchev–Trinajstić information content (AvgIpc) is 2.95. The average molecular weight is 304 g/mol. The second-order valence-electron chi connectivity index (χ2n) is 4.60. The zero-order valence-electron chi connectivity index (χ0n) is 12.6. The van der Waals surface area contributed by atoms with E-state index in [0.717, 1.165) is 11.9 Å². The Bertz CT molecular complexity index is 588. The highest BCUT2D eigenvalue weighted by atomic mass is 16.5. The van der Waals surface area contributed by atoms with Crippen LogP contribution in [0.3, 0.4) is 0 Å². The van der Waals surface area contributed by atoms with Crippen molar-refractivity contribution < 1.29 is 18.7 Å². The van der Waals surface area contributed by atoms with Crippen LogP contribution in [0.2, 0.25) is 0 Å². The standard InChI is InChI=1S/C16H20N2O4/c1-20-11-12-21-10-4-9-17-15(19)7-8-16-18-13-5-2-3-6-14(13)22-16/h2-3,5-8H,4,9-12H2,1H3,(H,17,19)/b8-7+. The molecular formula is C16H20N2O4. The number of nitrogens with one attached hydrogen (secondary N) is 1. The van der Waals surface area contributed by atoms with E-state index < -0.39 is 0 Å². The van der Waals surface area contributed by atoms with E-state index in [1.807, 2.05) is 24.3 Å². The summed E-state index contributed by atoms with van der Waals surface area (Å²) in [5.74, 6) is 0.235. The molecule has 0 radical (unpaired) electrons. The molecule has 0 fully saturated rings. The lowest BCUT2D eigenvalue weighted by molar-refractivity contribution is -0.116. The Balaban J connectivity index is 1.68. The maximum absolute atomic E-state index is 11.6. The summed E-state index contributed by atoms with van der Waals surface area (Å²) in [5.41, 5.74) is 1.48. The molecule has 1 heterocycles. The summed E-state index contributed by atoms with van der Waals surface area (Å²) < 4.78 is 15.7. The predicted molar refractivity (Wildman–Crippen MR) is 83.4 cm³/mol. The Kier molecular flexibility index (Phi) is 6.60. The van der Waals surface area contributed by atoms with E-state index in [0.29, 0.717) is 37.8 Å². The molecule has 6 heteroatoms. The SMILES string of the molecule is COCCOCCCNC(=O)/C=C/c1nc2ccccc2o1. The van der Waals surface area contributed by atoms with E-state index in [4.69, 9.17) is 13.9 Å². The van der Waals surface area contributed by atoms with Gasteiger partial charge in [0.15, 0.2) is 5.58 Å². The van der Waals surface area contributed by atoms with Crippen molar-refractivity contribution in [2.45, 2.75) is 6.42 Å². The number of carbonyl (C=O) groups excluding carboxylic acids is 1. The number of aromatic nitrogens is 1. The maximum atomic E-state index is 11.6. The fourth-order valence-electron chi connectivity index (χ4n) is 1.80. The van der Waals surface area contributed by atoms with Gasteiger partial charge >= 0.3 is 0 Å². The highest BCUT2D eigenvalue weighted by Gasteiger charge is 2.02. The number of carbonyl (C=O) groups is 1. The lowest BCUT2D eigenvalue weighted by Gasteiger charge is -2.03. The molecule has 6 nitrogen and oxygen atoms in total. The zero-order valence-corrected chi connectivity index (χ0v) is 12.6. The normalized spacial score (nSPS) is 11.3. The van der Waals surface area contributed by atoms with E-state index in [1.165, 1.54) is 6.08 Å². The molecule has 0 aliphatic rings. The second-order valence-corrected chi connectivity index (χ2v) is 4.60. The minimum Gasteiger partial charge on any atom is -0.437 e. The highest BCUT2D eigenvalue weighted by Crippen LogP contribution is 2.15. The number of benzene rings is 1. The summed E-state index contributed by atoms with van der Waals surface area (Å²) in [7, 11) is 1.63. The van der Waals surface area contributed by atoms with Gasteiger partial charge in [0.25, 0.3) is 0 Å². The largest absolute Gasteiger partial charge is 0.437 e. The third-order valence-corrected chi connectivity index (χ3v) is 2.88. The first-order chi connectivity index (χ1) is 10.8. The number of nitrogens with zero attached hydrogens (tertiary/aromatic N) is 1. The molecule has 0 unspecified atom stereocenters. The van der Waals surface area contributed by atoms with E-state index >= 15 is 0 Å². The Labute approximate surface area is 129 Å². The molecule has 2 rings (SSSR count). The number of methoxy groups -OCH3 is 1. The van der Waals surface area contributed by atoms with Crippen molar-refractivity contribution in [3.8, 4) is 0 Å². The molecule has 0 aliphatic carbocycles. The number of hydrogen-bond donors (Lipinski definition) is 1. The molecule has 0 aliphatic heterocycles. The number of oxazole rings is 1. The number of para-hydroxylation sites is 2. The molecule has 0 atom stereocenters. The minimum absolute atomic E-state index is 0.181. The van der Waals surface area contributed by atoms with Gasteiger partial charge < -0.3 is 19.2 Å². The summed E-state index contributed by atoms with van der Waals surface area (Å²) in [4.78, 5) is 15.9. The van der Waals surface area contributed by atoms with Gasteiger partial charge in [0, 0.05) is 32.4 Å². The Morgan fingerprint density at radius 2 is 2.18 bits per heavy atom. The predicted octanol–water partition coefficient (Wildman–Crippen LogP) is 2.01. The Morgan fingerprint density at radius 3 is 3.00 bits per heavy atom. The molecule has 1 aromatic heterocycles. The molecule has 2 aromatic rings. The zero-order chi connectivity index (χ0) is 15.6. The number of hydrogen-bond acceptors (Lipinski definition) is 5. The first-order valence-electron chi connectivity index (χ1n) is 7.18. The number of rotatable bonds is 9. The minimum atomic E-state index is -0.181. The van der Waals surface area contributed by atoms with Crippen molar-refractivity contribution in [1.29, 1.82) is 0 Å². The van der Waals surface area contributed by atoms with E-state index in [9.17, 15) is 4.79 Å². The summed E-state index contributed by atoms with van der Waals surface area (Å²) in [6, 6.07) is 7.46. The lowest BCUT2D eigenvalue weighted by Crippen LogP contribution is -2.23. The van der Waals surface area contributed by atoms with Gasteiger partial charge in [-0.3, -0.25) is 4.79 Å². The molecule has 0 saturated carbocycles. The van der Waals surface area contributed by atoms with Crippen LogP contribution in [0.15, 0.2) is 34.8 Å². The van der Waals surface area contributed by atoms with E-state index in [1.54, 1.807) is 13.2 Å². The van der Waals surface area contributed by atoms with Gasteiger partial charge in [-0.25, -0.2) is 4.98 Å². The molecule has 118 valence electrons. The summed E-state index contributed by atoms with van der Waals surface area (Å²) in [6.07, 6.45) is 3.73. The Morgan fingerprint density at radius 1 is 1.32 bits per heavy atom. The van der Waals surface area contributed by atoms with Crippen LogP contribution in [0.4, 0.5) is 0 Å². The summed E-state index contributed by atoms with van der Waals surface area (Å²) in [6.45, 7) is 2.31. The van der Waals surface area contributed by atoms with Crippen LogP contribution in [0.1, 0.15) is 12.3 Å². The monoisotopic (exact) mass is 304 g/mol. The van der Waals surface area contributed by atoms with Crippen LogP contribution in [0, 0.1) is 0 Å². The van der Waals surface area contributed by atoms with Crippen LogP contribution in [-0.4, -0.2) is 44.4 Å². The van der Waals surface area contributed by atoms with Gasteiger partial charge in [-0.2, -0.15) is 0 Å². The van der Waals surface area contributed by atoms with Gasteiger partial charge in [0.2, 0.25) is 11.8 Å². The van der Waals surface area contributed by atoms with Gasteiger partial charge in [-0.1, -0.05) is 12.1 Å². The summed E-state index contributed by atoms with van der Waals surface area (Å²) in [5, 5.41) is 2.77. The number of amides is 1. The molecule has 1 amide bonds. The quantitative estimate of drug-likeness (QED) is 0.566. The molecule has 0 saturated heterocycles. The van der Waals surface area contributed by atoms with Gasteiger partial charge in [-0.15, -0.1) is 0 Å². The lowest BCUT2D eigenvalue weighted by atomic mass is 10.3. The van der Waals surface area contributed by atoms with E-state index in [2.05, 4.69) is 10.3 Å². The second kappa shape index (κ2) is 8.96. The topological polar surface area (TPSA) is 73.6 Å². The fraction of sp³-hybridized carbons (Fsp3) is 0.375. The number of fused-ring (bicyclic) bond motifs is 1. The molecule has 1 N–H and O–H groups in total. The third kappa shape index (κ3) is 5.31. The van der Waals surface area contributed by atoms with Crippen molar-refractivity contribution >= 4 is 23.1 Å². The van der Waals surface area contributed by atoms with Crippen LogP contribution < -0.4 is 5.32 Å². The smallest absolute Gasteiger partial charge is 0.244 e. The maximum Gasteiger partial charge on any atom is 0.244 e. The fourth-order valence-corrected chi connectivity index (χ4v) is 1.80. The summed E-state index contributed by atoms with van der Waals surface area (Å²) >= 11 is 0. The van der Waals surface area contributed by atoms with Crippen LogP contribution in [0.5, 0.6) is 0 Å².